The second kappa shape index (κ2) is 9.61. The Kier molecular flexibility index (Phi) is 6.45. The lowest BCUT2D eigenvalue weighted by Crippen LogP contribution is -2.34. The molecule has 1 aliphatic heterocycles. The van der Waals surface area contributed by atoms with Crippen molar-refractivity contribution < 1.29 is 19.1 Å². The number of benzene rings is 3. The summed E-state index contributed by atoms with van der Waals surface area (Å²) in [4.78, 5) is 28.2. The summed E-state index contributed by atoms with van der Waals surface area (Å²) in [5, 5.41) is 3.17. The Morgan fingerprint density at radius 1 is 0.818 bits per heavy atom. The number of hydrogen-bond donors (Lipinski definition) is 1. The standard InChI is InChI=1S/C27H26N2O4/c1-18-9-11-20(12-10-18)24-25(28-21-15-22(32-2)17-23(16-21)33-3)27(31)29(26(24)30)14-13-19-7-5-4-6-8-19/h4-12,15-17,28H,13-14H2,1-3H3. The van der Waals surface area contributed by atoms with Crippen molar-refractivity contribution >= 4 is 23.1 Å². The van der Waals surface area contributed by atoms with E-state index in [1.165, 1.54) is 4.90 Å². The molecule has 6 nitrogen and oxygen atoms in total. The Balaban J connectivity index is 1.70. The molecule has 1 aliphatic rings. The van der Waals surface area contributed by atoms with Crippen LogP contribution in [0.5, 0.6) is 11.5 Å². The van der Waals surface area contributed by atoms with Gasteiger partial charge in [0.2, 0.25) is 0 Å². The molecule has 6 heteroatoms. The molecule has 1 N–H and O–H groups in total. The van der Waals surface area contributed by atoms with Gasteiger partial charge in [-0.05, 0) is 24.5 Å². The lowest BCUT2D eigenvalue weighted by molar-refractivity contribution is -0.136. The maximum absolute atomic E-state index is 13.4. The zero-order chi connectivity index (χ0) is 23.4. The van der Waals surface area contributed by atoms with Crippen LogP contribution in [0.4, 0.5) is 5.69 Å². The molecule has 0 atom stereocenters. The number of amides is 2. The fraction of sp³-hybridized carbons (Fsp3) is 0.185. The molecule has 168 valence electrons. The van der Waals surface area contributed by atoms with Crippen LogP contribution in [0, 0.1) is 6.92 Å². The molecule has 0 fully saturated rings. The normalized spacial score (nSPS) is 13.5. The number of methoxy groups -OCH3 is 2. The van der Waals surface area contributed by atoms with Crippen molar-refractivity contribution in [2.45, 2.75) is 13.3 Å². The average Bonchev–Trinajstić information content (AvgIpc) is 3.07. The van der Waals surface area contributed by atoms with Gasteiger partial charge in [0, 0.05) is 30.4 Å². The van der Waals surface area contributed by atoms with Crippen LogP contribution < -0.4 is 14.8 Å². The topological polar surface area (TPSA) is 67.9 Å². The van der Waals surface area contributed by atoms with Crippen molar-refractivity contribution in [2.24, 2.45) is 0 Å². The highest BCUT2D eigenvalue weighted by molar-refractivity contribution is 6.36. The minimum absolute atomic E-state index is 0.243. The molecule has 0 unspecified atom stereocenters. The number of ether oxygens (including phenoxy) is 2. The van der Waals surface area contributed by atoms with Gasteiger partial charge in [-0.2, -0.15) is 0 Å². The second-order valence-corrected chi connectivity index (χ2v) is 7.84. The first kappa shape index (κ1) is 22.1. The number of imide groups is 1. The van der Waals surface area contributed by atoms with Gasteiger partial charge in [-0.15, -0.1) is 0 Å². The Morgan fingerprint density at radius 2 is 1.45 bits per heavy atom. The first-order valence-corrected chi connectivity index (χ1v) is 10.7. The molecule has 0 saturated heterocycles. The van der Waals surface area contributed by atoms with Crippen LogP contribution in [0.1, 0.15) is 16.7 Å². The first-order chi connectivity index (χ1) is 16.0. The smallest absolute Gasteiger partial charge is 0.278 e. The molecule has 4 rings (SSSR count). The first-order valence-electron chi connectivity index (χ1n) is 10.7. The Morgan fingerprint density at radius 3 is 2.06 bits per heavy atom. The maximum Gasteiger partial charge on any atom is 0.278 e. The summed E-state index contributed by atoms with van der Waals surface area (Å²) in [7, 11) is 3.12. The third-order valence-electron chi connectivity index (χ3n) is 5.60. The lowest BCUT2D eigenvalue weighted by Gasteiger charge is -2.15. The summed E-state index contributed by atoms with van der Waals surface area (Å²) in [5.41, 5.74) is 4.02. The fourth-order valence-electron chi connectivity index (χ4n) is 3.79. The van der Waals surface area contributed by atoms with E-state index in [9.17, 15) is 9.59 Å². The summed E-state index contributed by atoms with van der Waals surface area (Å²) in [6, 6.07) is 22.7. The number of rotatable bonds is 8. The Bertz CT molecular complexity index is 1180. The van der Waals surface area contributed by atoms with E-state index >= 15 is 0 Å². The van der Waals surface area contributed by atoms with Crippen LogP contribution in [0.15, 0.2) is 78.5 Å². The predicted molar refractivity (Wildman–Crippen MR) is 128 cm³/mol. The molecule has 33 heavy (non-hydrogen) atoms. The van der Waals surface area contributed by atoms with Crippen LogP contribution in [0.3, 0.4) is 0 Å². The highest BCUT2D eigenvalue weighted by Crippen LogP contribution is 2.33. The number of hydrogen-bond acceptors (Lipinski definition) is 5. The minimum Gasteiger partial charge on any atom is -0.497 e. The second-order valence-electron chi connectivity index (χ2n) is 7.84. The lowest BCUT2D eigenvalue weighted by atomic mass is 10.0. The van der Waals surface area contributed by atoms with E-state index in [-0.39, 0.29) is 17.5 Å². The quantitative estimate of drug-likeness (QED) is 0.522. The Hall–Kier alpha value is -4.06. The Labute approximate surface area is 193 Å². The molecule has 3 aromatic carbocycles. The van der Waals surface area contributed by atoms with Gasteiger partial charge in [0.05, 0.1) is 19.8 Å². The van der Waals surface area contributed by atoms with Gasteiger partial charge in [0.1, 0.15) is 17.2 Å². The van der Waals surface area contributed by atoms with Gasteiger partial charge in [-0.1, -0.05) is 60.2 Å². The molecule has 0 radical (unpaired) electrons. The van der Waals surface area contributed by atoms with Gasteiger partial charge >= 0.3 is 0 Å². The van der Waals surface area contributed by atoms with Crippen molar-refractivity contribution in [1.29, 1.82) is 0 Å². The third kappa shape index (κ3) is 4.75. The zero-order valence-corrected chi connectivity index (χ0v) is 18.9. The third-order valence-corrected chi connectivity index (χ3v) is 5.60. The molecule has 0 spiro atoms. The van der Waals surface area contributed by atoms with Gasteiger partial charge < -0.3 is 14.8 Å². The summed E-state index contributed by atoms with van der Waals surface area (Å²) < 4.78 is 10.7. The fourth-order valence-corrected chi connectivity index (χ4v) is 3.79. The largest absolute Gasteiger partial charge is 0.497 e. The van der Waals surface area contributed by atoms with Crippen LogP contribution in [0.2, 0.25) is 0 Å². The maximum atomic E-state index is 13.4. The van der Waals surface area contributed by atoms with E-state index in [2.05, 4.69) is 5.32 Å². The van der Waals surface area contributed by atoms with E-state index in [4.69, 9.17) is 9.47 Å². The molecule has 1 heterocycles. The van der Waals surface area contributed by atoms with Crippen molar-refractivity contribution in [3.05, 3.63) is 95.2 Å². The summed E-state index contributed by atoms with van der Waals surface area (Å²) in [5.74, 6) is 0.490. The van der Waals surface area contributed by atoms with Gasteiger partial charge in [-0.3, -0.25) is 14.5 Å². The minimum atomic E-state index is -0.353. The van der Waals surface area contributed by atoms with Crippen LogP contribution in [-0.2, 0) is 16.0 Å². The monoisotopic (exact) mass is 442 g/mol. The highest BCUT2D eigenvalue weighted by atomic mass is 16.5. The van der Waals surface area contributed by atoms with Crippen molar-refractivity contribution in [2.75, 3.05) is 26.1 Å². The number of nitrogens with zero attached hydrogens (tertiary/aromatic N) is 1. The number of carbonyl (C=O) groups excluding carboxylic acids is 2. The number of aryl methyl sites for hydroxylation is 1. The van der Waals surface area contributed by atoms with E-state index in [0.717, 1.165) is 11.1 Å². The SMILES string of the molecule is COc1cc(NC2=C(c3ccc(C)cc3)C(=O)N(CCc3ccccc3)C2=O)cc(OC)c1. The molecule has 0 saturated carbocycles. The molecule has 0 aromatic heterocycles. The molecule has 2 amide bonds. The van der Waals surface area contributed by atoms with Crippen LogP contribution in [-0.4, -0.2) is 37.5 Å². The summed E-state index contributed by atoms with van der Waals surface area (Å²) in [6.45, 7) is 2.28. The molecular formula is C27H26N2O4. The average molecular weight is 443 g/mol. The zero-order valence-electron chi connectivity index (χ0n) is 18.9. The van der Waals surface area contributed by atoms with E-state index < -0.39 is 0 Å². The van der Waals surface area contributed by atoms with E-state index in [0.29, 0.717) is 41.3 Å². The van der Waals surface area contributed by atoms with E-state index in [1.807, 2.05) is 61.5 Å². The highest BCUT2D eigenvalue weighted by Gasteiger charge is 2.39. The molecular weight excluding hydrogens is 416 g/mol. The van der Waals surface area contributed by atoms with Gasteiger partial charge in [0.15, 0.2) is 0 Å². The summed E-state index contributed by atoms with van der Waals surface area (Å²) >= 11 is 0. The number of anilines is 1. The molecule has 0 aliphatic carbocycles. The van der Waals surface area contributed by atoms with E-state index in [1.54, 1.807) is 32.4 Å². The molecule has 0 bridgehead atoms. The van der Waals surface area contributed by atoms with Crippen LogP contribution in [0.25, 0.3) is 5.57 Å². The number of nitrogens with one attached hydrogen (secondary N) is 1. The number of carbonyl (C=O) groups is 2. The molecule has 3 aromatic rings. The summed E-state index contributed by atoms with van der Waals surface area (Å²) in [6.07, 6.45) is 0.583. The van der Waals surface area contributed by atoms with Crippen molar-refractivity contribution in [1.82, 2.24) is 4.90 Å². The van der Waals surface area contributed by atoms with Crippen molar-refractivity contribution in [3.8, 4) is 11.5 Å². The van der Waals surface area contributed by atoms with Crippen molar-refractivity contribution in [3.63, 3.8) is 0 Å². The van der Waals surface area contributed by atoms with Crippen LogP contribution >= 0.6 is 0 Å². The predicted octanol–water partition coefficient (Wildman–Crippen LogP) is 4.45. The van der Waals surface area contributed by atoms with Gasteiger partial charge in [0.25, 0.3) is 11.8 Å². The van der Waals surface area contributed by atoms with Gasteiger partial charge in [-0.25, -0.2) is 0 Å².